The van der Waals surface area contributed by atoms with Gasteiger partial charge in [0, 0.05) is 12.5 Å². The summed E-state index contributed by atoms with van der Waals surface area (Å²) in [6.07, 6.45) is -4.34. The molecular weight excluding hydrogens is 247 g/mol. The summed E-state index contributed by atoms with van der Waals surface area (Å²) in [5, 5.41) is 2.84. The normalized spacial score (nSPS) is 37.0. The molecule has 1 aliphatic carbocycles. The first-order valence-electron chi connectivity index (χ1n) is 4.77. The Morgan fingerprint density at radius 2 is 2.12 bits per heavy atom. The van der Waals surface area contributed by atoms with E-state index in [2.05, 4.69) is 10.1 Å². The van der Waals surface area contributed by atoms with Gasteiger partial charge in [0.05, 0.1) is 18.4 Å². The van der Waals surface area contributed by atoms with E-state index >= 15 is 0 Å². The largest absolute Gasteiger partial charge is 0.469 e. The molecule has 3 nitrogen and oxygen atoms in total. The van der Waals surface area contributed by atoms with Gasteiger partial charge >= 0.3 is 12.1 Å². The van der Waals surface area contributed by atoms with Gasteiger partial charge in [0.1, 0.15) is 0 Å². The highest BCUT2D eigenvalue weighted by atomic mass is 35.5. The molecule has 2 fully saturated rings. The van der Waals surface area contributed by atoms with Gasteiger partial charge in [-0.1, -0.05) is 0 Å². The molecule has 0 aromatic rings. The molecule has 1 saturated carbocycles. The highest BCUT2D eigenvalue weighted by molar-refractivity contribution is 5.85. The van der Waals surface area contributed by atoms with Crippen molar-refractivity contribution in [3.8, 4) is 0 Å². The molecule has 0 spiro atoms. The molecule has 7 heteroatoms. The number of carbonyl (C=O) groups excluding carboxylic acids is 1. The summed E-state index contributed by atoms with van der Waals surface area (Å²) in [4.78, 5) is 11.4. The molecule has 94 valence electrons. The zero-order chi connectivity index (χ0) is 11.3. The summed E-state index contributed by atoms with van der Waals surface area (Å²) in [7, 11) is 1.22. The van der Waals surface area contributed by atoms with Crippen LogP contribution in [0.15, 0.2) is 0 Å². The maximum absolute atomic E-state index is 12.5. The quantitative estimate of drug-likeness (QED) is 0.723. The Bertz CT molecular complexity index is 297. The first-order chi connectivity index (χ1) is 6.92. The van der Waals surface area contributed by atoms with E-state index in [0.717, 1.165) is 0 Å². The predicted octanol–water partition coefficient (Wildman–Crippen LogP) is 1.37. The summed E-state index contributed by atoms with van der Waals surface area (Å²) in [6, 6.07) is 0. The fraction of sp³-hybridized carbons (Fsp3) is 0.889. The minimum absolute atomic E-state index is 0. The maximum atomic E-state index is 12.5. The Morgan fingerprint density at radius 1 is 1.50 bits per heavy atom. The third kappa shape index (κ3) is 1.68. The summed E-state index contributed by atoms with van der Waals surface area (Å²) < 4.78 is 42.1. The second kappa shape index (κ2) is 4.07. The second-order valence-corrected chi connectivity index (χ2v) is 4.24. The molecular formula is C9H13ClF3NO2. The van der Waals surface area contributed by atoms with E-state index in [1.54, 1.807) is 0 Å². The van der Waals surface area contributed by atoms with E-state index in [4.69, 9.17) is 0 Å². The fourth-order valence-electron chi connectivity index (χ4n) is 2.76. The van der Waals surface area contributed by atoms with E-state index in [0.29, 0.717) is 6.54 Å². The average molecular weight is 260 g/mol. The van der Waals surface area contributed by atoms with Crippen molar-refractivity contribution in [3.05, 3.63) is 0 Å². The molecule has 0 amide bonds. The van der Waals surface area contributed by atoms with Gasteiger partial charge in [-0.2, -0.15) is 13.2 Å². The van der Waals surface area contributed by atoms with Crippen LogP contribution >= 0.6 is 12.4 Å². The van der Waals surface area contributed by atoms with E-state index in [1.807, 2.05) is 0 Å². The number of carbonyl (C=O) groups is 1. The van der Waals surface area contributed by atoms with E-state index < -0.39 is 29.4 Å². The average Bonchev–Trinajstić information content (AvgIpc) is 2.41. The number of hydrogen-bond acceptors (Lipinski definition) is 3. The number of rotatable bonds is 1. The van der Waals surface area contributed by atoms with Gasteiger partial charge in [0.15, 0.2) is 0 Å². The summed E-state index contributed by atoms with van der Waals surface area (Å²) >= 11 is 0. The third-order valence-corrected chi connectivity index (χ3v) is 3.60. The number of halogens is 4. The van der Waals surface area contributed by atoms with Gasteiger partial charge in [0.25, 0.3) is 0 Å². The summed E-state index contributed by atoms with van der Waals surface area (Å²) in [5.74, 6) is -2.52. The van der Waals surface area contributed by atoms with Crippen LogP contribution in [0.5, 0.6) is 0 Å². The number of hydrogen-bond donors (Lipinski definition) is 1. The Hall–Kier alpha value is -0.490. The Morgan fingerprint density at radius 3 is 2.62 bits per heavy atom. The lowest BCUT2D eigenvalue weighted by atomic mass is 9.55. The molecule has 0 aromatic carbocycles. The molecule has 1 aliphatic heterocycles. The van der Waals surface area contributed by atoms with Gasteiger partial charge < -0.3 is 10.1 Å². The first-order valence-corrected chi connectivity index (χ1v) is 4.77. The highest BCUT2D eigenvalue weighted by Crippen LogP contribution is 2.59. The van der Waals surface area contributed by atoms with Gasteiger partial charge in [0.2, 0.25) is 0 Å². The maximum Gasteiger partial charge on any atom is 0.392 e. The molecule has 0 unspecified atom stereocenters. The highest BCUT2D eigenvalue weighted by Gasteiger charge is 2.68. The van der Waals surface area contributed by atoms with Crippen molar-refractivity contribution in [2.24, 2.45) is 17.3 Å². The number of nitrogens with one attached hydrogen (secondary N) is 1. The Kier molecular flexibility index (Phi) is 3.45. The van der Waals surface area contributed by atoms with Crippen LogP contribution in [0.4, 0.5) is 13.2 Å². The Balaban J connectivity index is 0.00000128. The van der Waals surface area contributed by atoms with Gasteiger partial charge in [-0.15, -0.1) is 12.4 Å². The number of ether oxygens (including phenoxy) is 1. The van der Waals surface area contributed by atoms with Crippen LogP contribution in [0.2, 0.25) is 0 Å². The number of methoxy groups -OCH3 is 1. The van der Waals surface area contributed by atoms with Gasteiger partial charge in [-0.05, 0) is 13.0 Å². The number of esters is 1. The lowest BCUT2D eigenvalue weighted by molar-refractivity contribution is -0.243. The van der Waals surface area contributed by atoms with Crippen molar-refractivity contribution in [3.63, 3.8) is 0 Å². The molecule has 2 rings (SSSR count). The van der Waals surface area contributed by atoms with Crippen molar-refractivity contribution in [1.82, 2.24) is 5.32 Å². The monoisotopic (exact) mass is 259 g/mol. The zero-order valence-electron chi connectivity index (χ0n) is 8.63. The van der Waals surface area contributed by atoms with Gasteiger partial charge in [-0.3, -0.25) is 4.79 Å². The van der Waals surface area contributed by atoms with Crippen LogP contribution in [0, 0.1) is 17.3 Å². The standard InChI is InChI=1S/C9H12F3NO2.ClH/c1-15-7(14)8-2-5(9(10,11)12)6(8)3-13-4-8;/h5-6,13H,2-4H2,1H3;1H/t5-,6+,8-;/m0./s1. The van der Waals surface area contributed by atoms with E-state index in [-0.39, 0.29) is 25.4 Å². The summed E-state index contributed by atoms with van der Waals surface area (Å²) in [5.41, 5.74) is -0.922. The summed E-state index contributed by atoms with van der Waals surface area (Å²) in [6.45, 7) is 0.552. The third-order valence-electron chi connectivity index (χ3n) is 3.60. The van der Waals surface area contributed by atoms with Crippen LogP contribution in [-0.2, 0) is 9.53 Å². The first kappa shape index (κ1) is 13.6. The molecule has 2 aliphatic rings. The van der Waals surface area contributed by atoms with Crippen molar-refractivity contribution < 1.29 is 22.7 Å². The molecule has 1 saturated heterocycles. The van der Waals surface area contributed by atoms with Crippen LogP contribution in [-0.4, -0.2) is 32.3 Å². The van der Waals surface area contributed by atoms with Crippen LogP contribution in [0.3, 0.4) is 0 Å². The van der Waals surface area contributed by atoms with Crippen molar-refractivity contribution >= 4 is 18.4 Å². The van der Waals surface area contributed by atoms with Crippen LogP contribution in [0.1, 0.15) is 6.42 Å². The molecule has 0 radical (unpaired) electrons. The smallest absolute Gasteiger partial charge is 0.392 e. The molecule has 3 atom stereocenters. The van der Waals surface area contributed by atoms with Crippen LogP contribution < -0.4 is 5.32 Å². The number of fused-ring (bicyclic) bond motifs is 1. The lowest BCUT2D eigenvalue weighted by Gasteiger charge is -2.48. The zero-order valence-corrected chi connectivity index (χ0v) is 9.45. The van der Waals surface area contributed by atoms with Crippen molar-refractivity contribution in [2.45, 2.75) is 12.6 Å². The lowest BCUT2D eigenvalue weighted by Crippen LogP contribution is -2.57. The molecule has 1 heterocycles. The predicted molar refractivity (Wildman–Crippen MR) is 52.2 cm³/mol. The van der Waals surface area contributed by atoms with Crippen LogP contribution in [0.25, 0.3) is 0 Å². The van der Waals surface area contributed by atoms with Gasteiger partial charge in [-0.25, -0.2) is 0 Å². The molecule has 0 bridgehead atoms. The Labute approximate surface area is 97.1 Å². The SMILES string of the molecule is COC(=O)[C@@]12CNC[C@@H]1[C@@H](C(F)(F)F)C2.Cl. The fourth-order valence-corrected chi connectivity index (χ4v) is 2.76. The molecule has 1 N–H and O–H groups in total. The second-order valence-electron chi connectivity index (χ2n) is 4.24. The number of alkyl halides is 3. The molecule has 0 aromatic heterocycles. The minimum Gasteiger partial charge on any atom is -0.469 e. The van der Waals surface area contributed by atoms with Crippen molar-refractivity contribution in [2.75, 3.05) is 20.2 Å². The minimum atomic E-state index is -4.20. The topological polar surface area (TPSA) is 38.3 Å². The van der Waals surface area contributed by atoms with E-state index in [1.165, 1.54) is 7.11 Å². The van der Waals surface area contributed by atoms with E-state index in [9.17, 15) is 18.0 Å². The molecule has 16 heavy (non-hydrogen) atoms. The van der Waals surface area contributed by atoms with Crippen molar-refractivity contribution in [1.29, 1.82) is 0 Å².